The number of nitrogens with zero attached hydrogens (tertiary/aromatic N) is 4. The van der Waals surface area contributed by atoms with Crippen LogP contribution in [0.1, 0.15) is 21.6 Å². The average Bonchev–Trinajstić information content (AvgIpc) is 3.08. The Balaban J connectivity index is 1.50. The largest absolute Gasteiger partial charge is 0.322 e. The third-order valence-electron chi connectivity index (χ3n) is 5.06. The molecule has 8 nitrogen and oxygen atoms in total. The molecule has 3 heterocycles. The van der Waals surface area contributed by atoms with Crippen molar-refractivity contribution >= 4 is 17.2 Å². The molecule has 1 amide bonds. The van der Waals surface area contributed by atoms with Crippen molar-refractivity contribution in [2.75, 3.05) is 38.5 Å². The molecule has 0 spiro atoms. The van der Waals surface area contributed by atoms with Crippen LogP contribution in [0.4, 0.5) is 5.69 Å². The highest BCUT2D eigenvalue weighted by Crippen LogP contribution is 2.16. The number of carbonyl (C=O) groups is 1. The third kappa shape index (κ3) is 3.83. The van der Waals surface area contributed by atoms with Crippen LogP contribution in [0.2, 0.25) is 0 Å². The fraction of sp³-hybridized carbons (Fsp3) is 0.350. The van der Waals surface area contributed by atoms with Gasteiger partial charge in [-0.3, -0.25) is 19.6 Å². The standard InChI is InChI=1S/C20H24N6O2/c1-14-10-18(27)26-19(22-14)17(12-21-26)20(28)23-16-5-3-4-15(11-16)13-25-8-6-24(2)7-9-25/h3-5,10-12,21H,6-9,13H2,1-2H3,(H,23,28). The molecular formula is C20H24N6O2. The second-order valence-corrected chi connectivity index (χ2v) is 7.32. The number of rotatable bonds is 4. The van der Waals surface area contributed by atoms with E-state index in [0.29, 0.717) is 16.9 Å². The Kier molecular flexibility index (Phi) is 4.97. The maximum atomic E-state index is 12.7. The number of aromatic amines is 1. The number of anilines is 1. The number of amides is 1. The second kappa shape index (κ2) is 7.57. The van der Waals surface area contributed by atoms with Crippen LogP contribution in [0, 0.1) is 6.92 Å². The number of aromatic nitrogens is 3. The molecule has 0 radical (unpaired) electrons. The smallest absolute Gasteiger partial charge is 0.272 e. The zero-order chi connectivity index (χ0) is 19.7. The number of carbonyl (C=O) groups excluding carboxylic acids is 1. The van der Waals surface area contributed by atoms with E-state index in [4.69, 9.17) is 0 Å². The fourth-order valence-corrected chi connectivity index (χ4v) is 3.47. The Morgan fingerprint density at radius 2 is 2.00 bits per heavy atom. The van der Waals surface area contributed by atoms with Gasteiger partial charge in [-0.25, -0.2) is 9.50 Å². The van der Waals surface area contributed by atoms with E-state index in [9.17, 15) is 9.59 Å². The lowest BCUT2D eigenvalue weighted by atomic mass is 10.1. The molecule has 1 aliphatic heterocycles. The Hall–Kier alpha value is -2.97. The number of likely N-dealkylation sites (N-methyl/N-ethyl adjacent to an activating group) is 1. The van der Waals surface area contributed by atoms with Crippen molar-refractivity contribution < 1.29 is 4.79 Å². The van der Waals surface area contributed by atoms with Crippen LogP contribution < -0.4 is 10.9 Å². The zero-order valence-electron chi connectivity index (χ0n) is 16.1. The van der Waals surface area contributed by atoms with E-state index in [1.807, 2.05) is 18.2 Å². The molecule has 1 aliphatic rings. The predicted molar refractivity (Wildman–Crippen MR) is 108 cm³/mol. The molecule has 0 aliphatic carbocycles. The van der Waals surface area contributed by atoms with E-state index in [-0.39, 0.29) is 11.5 Å². The van der Waals surface area contributed by atoms with Gasteiger partial charge in [0, 0.05) is 56.4 Å². The van der Waals surface area contributed by atoms with Gasteiger partial charge in [0.05, 0.1) is 0 Å². The van der Waals surface area contributed by atoms with Gasteiger partial charge in [-0.05, 0) is 31.7 Å². The highest BCUT2D eigenvalue weighted by atomic mass is 16.2. The van der Waals surface area contributed by atoms with Gasteiger partial charge in [0.15, 0.2) is 5.65 Å². The van der Waals surface area contributed by atoms with Gasteiger partial charge in [0.1, 0.15) is 5.56 Å². The lowest BCUT2D eigenvalue weighted by Gasteiger charge is -2.32. The molecule has 1 fully saturated rings. The lowest BCUT2D eigenvalue weighted by Crippen LogP contribution is -2.43. The number of nitrogens with one attached hydrogen (secondary N) is 2. The number of fused-ring (bicyclic) bond motifs is 1. The molecule has 0 atom stereocenters. The van der Waals surface area contributed by atoms with Crippen molar-refractivity contribution in [3.63, 3.8) is 0 Å². The maximum absolute atomic E-state index is 12.7. The third-order valence-corrected chi connectivity index (χ3v) is 5.06. The zero-order valence-corrected chi connectivity index (χ0v) is 16.1. The summed E-state index contributed by atoms with van der Waals surface area (Å²) in [5, 5.41) is 5.71. The molecule has 0 unspecified atom stereocenters. The SMILES string of the molecule is Cc1cc(=O)n2[nH]cc(C(=O)Nc3cccc(CN4CCN(C)CC4)c3)c2n1. The first kappa shape index (κ1) is 18.4. The molecule has 28 heavy (non-hydrogen) atoms. The summed E-state index contributed by atoms with van der Waals surface area (Å²) in [6.07, 6.45) is 1.51. The first-order valence-electron chi connectivity index (χ1n) is 9.38. The highest BCUT2D eigenvalue weighted by molar-refractivity contribution is 6.08. The van der Waals surface area contributed by atoms with Gasteiger partial charge in [0.25, 0.3) is 11.5 Å². The number of benzene rings is 1. The molecule has 1 aromatic carbocycles. The van der Waals surface area contributed by atoms with Crippen molar-refractivity contribution in [2.45, 2.75) is 13.5 Å². The van der Waals surface area contributed by atoms with E-state index in [1.54, 1.807) is 6.92 Å². The van der Waals surface area contributed by atoms with E-state index < -0.39 is 0 Å². The first-order chi connectivity index (χ1) is 13.5. The minimum absolute atomic E-state index is 0.240. The molecule has 2 aromatic heterocycles. The number of H-pyrrole nitrogens is 1. The van der Waals surface area contributed by atoms with Gasteiger partial charge in [-0.1, -0.05) is 12.1 Å². The topological polar surface area (TPSA) is 85.7 Å². The minimum atomic E-state index is -0.298. The van der Waals surface area contributed by atoms with Gasteiger partial charge in [-0.2, -0.15) is 0 Å². The van der Waals surface area contributed by atoms with Crippen LogP contribution in [0.25, 0.3) is 5.65 Å². The highest BCUT2D eigenvalue weighted by Gasteiger charge is 2.16. The summed E-state index contributed by atoms with van der Waals surface area (Å²) in [7, 11) is 2.14. The molecule has 4 rings (SSSR count). The van der Waals surface area contributed by atoms with Crippen LogP contribution in [-0.4, -0.2) is 63.5 Å². The van der Waals surface area contributed by atoms with Crippen LogP contribution >= 0.6 is 0 Å². The first-order valence-corrected chi connectivity index (χ1v) is 9.38. The summed E-state index contributed by atoms with van der Waals surface area (Å²) >= 11 is 0. The Bertz CT molecular complexity index is 1060. The number of piperazine rings is 1. The second-order valence-electron chi connectivity index (χ2n) is 7.32. The van der Waals surface area contributed by atoms with Gasteiger partial charge >= 0.3 is 0 Å². The van der Waals surface area contributed by atoms with Gasteiger partial charge in [-0.15, -0.1) is 0 Å². The summed E-state index contributed by atoms with van der Waals surface area (Å²) in [5.74, 6) is -0.298. The monoisotopic (exact) mass is 380 g/mol. The molecule has 0 bridgehead atoms. The molecule has 2 N–H and O–H groups in total. The Morgan fingerprint density at radius 1 is 1.21 bits per heavy atom. The van der Waals surface area contributed by atoms with Crippen molar-refractivity contribution in [2.24, 2.45) is 0 Å². The molecule has 0 saturated carbocycles. The Labute approximate surface area is 162 Å². The summed E-state index contributed by atoms with van der Waals surface area (Å²) in [4.78, 5) is 33.8. The number of hydrogen-bond donors (Lipinski definition) is 2. The van der Waals surface area contributed by atoms with Crippen molar-refractivity contribution in [3.05, 3.63) is 63.7 Å². The minimum Gasteiger partial charge on any atom is -0.322 e. The van der Waals surface area contributed by atoms with Crippen molar-refractivity contribution in [1.29, 1.82) is 0 Å². The van der Waals surface area contributed by atoms with Crippen LogP contribution in [0.5, 0.6) is 0 Å². The van der Waals surface area contributed by atoms with Crippen LogP contribution in [0.3, 0.4) is 0 Å². The summed E-state index contributed by atoms with van der Waals surface area (Å²) in [6.45, 7) is 6.83. The van der Waals surface area contributed by atoms with Gasteiger partial charge in [0.2, 0.25) is 0 Å². The molecule has 1 saturated heterocycles. The molecule has 146 valence electrons. The quantitative estimate of drug-likeness (QED) is 0.713. The predicted octanol–water partition coefficient (Wildman–Crippen LogP) is 1.33. The van der Waals surface area contributed by atoms with Crippen molar-refractivity contribution in [1.82, 2.24) is 24.4 Å². The maximum Gasteiger partial charge on any atom is 0.272 e. The van der Waals surface area contributed by atoms with Crippen LogP contribution in [0.15, 0.2) is 41.3 Å². The van der Waals surface area contributed by atoms with Crippen LogP contribution in [-0.2, 0) is 6.54 Å². The molecular weight excluding hydrogens is 356 g/mol. The summed E-state index contributed by atoms with van der Waals surface area (Å²) in [6, 6.07) is 9.31. The van der Waals surface area contributed by atoms with E-state index in [2.05, 4.69) is 38.3 Å². The Morgan fingerprint density at radius 3 is 2.79 bits per heavy atom. The van der Waals surface area contributed by atoms with E-state index >= 15 is 0 Å². The number of hydrogen-bond acceptors (Lipinski definition) is 5. The average molecular weight is 380 g/mol. The van der Waals surface area contributed by atoms with Crippen molar-refractivity contribution in [3.8, 4) is 0 Å². The van der Waals surface area contributed by atoms with E-state index in [0.717, 1.165) is 44.0 Å². The lowest BCUT2D eigenvalue weighted by molar-refractivity contribution is 0.102. The number of aryl methyl sites for hydroxylation is 1. The summed E-state index contributed by atoms with van der Waals surface area (Å²) < 4.78 is 1.27. The van der Waals surface area contributed by atoms with Gasteiger partial charge < -0.3 is 10.2 Å². The fourth-order valence-electron chi connectivity index (χ4n) is 3.47. The summed E-state index contributed by atoms with van der Waals surface area (Å²) in [5.41, 5.74) is 2.89. The normalized spacial score (nSPS) is 15.8. The van der Waals surface area contributed by atoms with E-state index in [1.165, 1.54) is 16.8 Å². The molecule has 3 aromatic rings. The molecule has 8 heteroatoms.